The Labute approximate surface area is 162 Å². The zero-order chi connectivity index (χ0) is 17.4. The molecule has 0 amide bonds. The van der Waals surface area contributed by atoms with E-state index in [0.29, 0.717) is 23.2 Å². The van der Waals surface area contributed by atoms with Gasteiger partial charge in [-0.05, 0) is 36.8 Å². The van der Waals surface area contributed by atoms with E-state index in [4.69, 9.17) is 17.0 Å². The SMILES string of the molecule is CCC[C@H]1CC[C@H](COC(=O)C(C(=S)NC)c2ccccn2)CC1.Cl. The normalized spacial score (nSPS) is 20.9. The van der Waals surface area contributed by atoms with Crippen molar-refractivity contribution in [3.8, 4) is 0 Å². The predicted molar refractivity (Wildman–Crippen MR) is 107 cm³/mol. The maximum atomic E-state index is 12.6. The van der Waals surface area contributed by atoms with Crippen LogP contribution in [-0.2, 0) is 9.53 Å². The van der Waals surface area contributed by atoms with Crippen molar-refractivity contribution in [3.63, 3.8) is 0 Å². The van der Waals surface area contributed by atoms with Gasteiger partial charge in [-0.3, -0.25) is 9.78 Å². The standard InChI is InChI=1S/C19H28N2O2S.ClH/c1-3-6-14-8-10-15(11-9-14)13-23-19(22)17(18(24)20-2)16-7-4-5-12-21-16;/h4-5,7,12,14-15,17H,3,6,8-11,13H2,1-2H3,(H,20,24);1H/t14-,15-,17?;. The van der Waals surface area contributed by atoms with Gasteiger partial charge < -0.3 is 10.1 Å². The molecule has 1 unspecified atom stereocenters. The molecule has 1 aliphatic carbocycles. The minimum Gasteiger partial charge on any atom is -0.465 e. The van der Waals surface area contributed by atoms with Crippen LogP contribution in [0.2, 0.25) is 0 Å². The van der Waals surface area contributed by atoms with Crippen LogP contribution in [0.1, 0.15) is 57.1 Å². The smallest absolute Gasteiger partial charge is 0.322 e. The van der Waals surface area contributed by atoms with Crippen LogP contribution in [0.15, 0.2) is 24.4 Å². The first-order chi connectivity index (χ1) is 11.7. The van der Waals surface area contributed by atoms with Gasteiger partial charge >= 0.3 is 5.97 Å². The fourth-order valence-corrected chi connectivity index (χ4v) is 3.65. The molecule has 25 heavy (non-hydrogen) atoms. The summed E-state index contributed by atoms with van der Waals surface area (Å²) >= 11 is 5.30. The number of ether oxygens (including phenoxy) is 1. The van der Waals surface area contributed by atoms with Gasteiger partial charge in [0.15, 0.2) is 0 Å². The van der Waals surface area contributed by atoms with Crippen molar-refractivity contribution in [1.29, 1.82) is 0 Å². The number of rotatable bonds is 7. The van der Waals surface area contributed by atoms with E-state index in [9.17, 15) is 4.79 Å². The zero-order valence-corrected chi connectivity index (χ0v) is 16.7. The van der Waals surface area contributed by atoms with Gasteiger partial charge in [-0.25, -0.2) is 0 Å². The molecule has 1 saturated carbocycles. The summed E-state index contributed by atoms with van der Waals surface area (Å²) in [6.07, 6.45) is 9.08. The fourth-order valence-electron chi connectivity index (χ4n) is 3.43. The fraction of sp³-hybridized carbons (Fsp3) is 0.632. The minimum absolute atomic E-state index is 0. The summed E-state index contributed by atoms with van der Waals surface area (Å²) in [5, 5.41) is 2.89. The molecule has 0 radical (unpaired) electrons. The Bertz CT molecular complexity index is 533. The number of carbonyl (C=O) groups excluding carboxylic acids is 1. The number of carbonyl (C=O) groups is 1. The lowest BCUT2D eigenvalue weighted by Crippen LogP contribution is -2.32. The van der Waals surface area contributed by atoms with E-state index in [1.807, 2.05) is 18.2 Å². The summed E-state index contributed by atoms with van der Waals surface area (Å²) in [7, 11) is 1.72. The van der Waals surface area contributed by atoms with Gasteiger partial charge in [0, 0.05) is 13.2 Å². The molecule has 1 aliphatic rings. The number of thiocarbonyl (C=S) groups is 1. The third kappa shape index (κ3) is 6.55. The molecule has 0 saturated heterocycles. The van der Waals surface area contributed by atoms with Crippen LogP contribution in [0, 0.1) is 11.8 Å². The van der Waals surface area contributed by atoms with Crippen molar-refractivity contribution in [2.45, 2.75) is 51.4 Å². The number of hydrogen-bond acceptors (Lipinski definition) is 4. The molecule has 0 spiro atoms. The number of nitrogens with one attached hydrogen (secondary N) is 1. The Hall–Kier alpha value is -1.20. The van der Waals surface area contributed by atoms with Crippen molar-refractivity contribution in [1.82, 2.24) is 10.3 Å². The molecule has 1 fully saturated rings. The van der Waals surface area contributed by atoms with E-state index in [0.717, 1.165) is 18.8 Å². The topological polar surface area (TPSA) is 51.2 Å². The first-order valence-electron chi connectivity index (χ1n) is 8.94. The monoisotopic (exact) mass is 384 g/mol. The highest BCUT2D eigenvalue weighted by Crippen LogP contribution is 2.32. The second-order valence-electron chi connectivity index (χ2n) is 6.61. The van der Waals surface area contributed by atoms with Crippen LogP contribution >= 0.6 is 24.6 Å². The summed E-state index contributed by atoms with van der Waals surface area (Å²) in [5.74, 6) is 0.418. The number of aromatic nitrogens is 1. The molecule has 0 bridgehead atoms. The number of pyridine rings is 1. The van der Waals surface area contributed by atoms with E-state index < -0.39 is 5.92 Å². The Morgan fingerprint density at radius 2 is 2.00 bits per heavy atom. The lowest BCUT2D eigenvalue weighted by atomic mass is 9.80. The van der Waals surface area contributed by atoms with E-state index in [1.54, 1.807) is 13.2 Å². The summed E-state index contributed by atoms with van der Waals surface area (Å²) in [6.45, 7) is 2.74. The molecule has 1 aromatic heterocycles. The zero-order valence-electron chi connectivity index (χ0n) is 15.1. The van der Waals surface area contributed by atoms with Crippen molar-refractivity contribution >= 4 is 35.6 Å². The lowest BCUT2D eigenvalue weighted by molar-refractivity contribution is -0.145. The van der Waals surface area contributed by atoms with E-state index in [1.165, 1.54) is 25.7 Å². The second-order valence-corrected chi connectivity index (χ2v) is 7.05. The number of halogens is 1. The summed E-state index contributed by atoms with van der Waals surface area (Å²) in [6, 6.07) is 5.49. The number of hydrogen-bond donors (Lipinski definition) is 1. The summed E-state index contributed by atoms with van der Waals surface area (Å²) in [5.41, 5.74) is 0.633. The highest BCUT2D eigenvalue weighted by atomic mass is 35.5. The molecule has 0 aliphatic heterocycles. The number of esters is 1. The highest BCUT2D eigenvalue weighted by molar-refractivity contribution is 7.80. The van der Waals surface area contributed by atoms with Crippen LogP contribution < -0.4 is 5.32 Å². The van der Waals surface area contributed by atoms with Gasteiger partial charge in [0.05, 0.1) is 17.3 Å². The summed E-state index contributed by atoms with van der Waals surface area (Å²) < 4.78 is 5.61. The van der Waals surface area contributed by atoms with E-state index in [-0.39, 0.29) is 18.4 Å². The molecule has 4 nitrogen and oxygen atoms in total. The van der Waals surface area contributed by atoms with Crippen molar-refractivity contribution in [2.24, 2.45) is 11.8 Å². The molecule has 2 rings (SSSR count). The van der Waals surface area contributed by atoms with Gasteiger partial charge in [-0.15, -0.1) is 12.4 Å². The molecular weight excluding hydrogens is 356 g/mol. The largest absolute Gasteiger partial charge is 0.465 e. The molecule has 0 aromatic carbocycles. The van der Waals surface area contributed by atoms with Crippen molar-refractivity contribution < 1.29 is 9.53 Å². The van der Waals surface area contributed by atoms with Gasteiger partial charge in [0.2, 0.25) is 0 Å². The third-order valence-electron chi connectivity index (χ3n) is 4.85. The lowest BCUT2D eigenvalue weighted by Gasteiger charge is -2.28. The van der Waals surface area contributed by atoms with Gasteiger partial charge in [-0.2, -0.15) is 0 Å². The molecule has 1 atom stereocenters. The molecule has 6 heteroatoms. The van der Waals surface area contributed by atoms with Crippen molar-refractivity contribution in [2.75, 3.05) is 13.7 Å². The maximum absolute atomic E-state index is 12.6. The van der Waals surface area contributed by atoms with Crippen LogP contribution in [-0.4, -0.2) is 29.6 Å². The Morgan fingerprint density at radius 1 is 1.32 bits per heavy atom. The quantitative estimate of drug-likeness (QED) is 0.561. The highest BCUT2D eigenvalue weighted by Gasteiger charge is 2.29. The Kier molecular flexibility index (Phi) is 9.98. The van der Waals surface area contributed by atoms with Crippen LogP contribution in [0.4, 0.5) is 0 Å². The van der Waals surface area contributed by atoms with Crippen LogP contribution in [0.5, 0.6) is 0 Å². The second kappa shape index (κ2) is 11.4. The Morgan fingerprint density at radius 3 is 2.56 bits per heavy atom. The predicted octanol–water partition coefficient (Wildman–Crippen LogP) is 4.28. The molecular formula is C19H29ClN2O2S. The first kappa shape index (κ1) is 21.8. The first-order valence-corrected chi connectivity index (χ1v) is 9.35. The van der Waals surface area contributed by atoms with E-state index in [2.05, 4.69) is 17.2 Å². The van der Waals surface area contributed by atoms with Gasteiger partial charge in [-0.1, -0.05) is 50.9 Å². The van der Waals surface area contributed by atoms with Crippen molar-refractivity contribution in [3.05, 3.63) is 30.1 Å². The average Bonchev–Trinajstić information content (AvgIpc) is 2.62. The summed E-state index contributed by atoms with van der Waals surface area (Å²) in [4.78, 5) is 17.3. The Balaban J connectivity index is 0.00000312. The molecule has 1 N–H and O–H groups in total. The van der Waals surface area contributed by atoms with Crippen LogP contribution in [0.3, 0.4) is 0 Å². The van der Waals surface area contributed by atoms with Crippen LogP contribution in [0.25, 0.3) is 0 Å². The molecule has 1 heterocycles. The number of likely N-dealkylation sites (N-methyl/N-ethyl adjacent to an activating group) is 1. The van der Waals surface area contributed by atoms with E-state index >= 15 is 0 Å². The third-order valence-corrected chi connectivity index (χ3v) is 5.29. The van der Waals surface area contributed by atoms with Gasteiger partial charge in [0.1, 0.15) is 5.92 Å². The number of nitrogens with zero attached hydrogens (tertiary/aromatic N) is 1. The maximum Gasteiger partial charge on any atom is 0.322 e. The van der Waals surface area contributed by atoms with Gasteiger partial charge in [0.25, 0.3) is 0 Å². The minimum atomic E-state index is -0.623. The average molecular weight is 385 g/mol. The molecule has 1 aromatic rings. The molecule has 140 valence electrons.